The van der Waals surface area contributed by atoms with Crippen molar-refractivity contribution in [3.05, 3.63) is 97.1 Å². The lowest BCUT2D eigenvalue weighted by Crippen LogP contribution is -3.00. The second-order valence-corrected chi connectivity index (χ2v) is 10.1. The van der Waals surface area contributed by atoms with Crippen molar-refractivity contribution in [2.24, 2.45) is 0 Å². The molecule has 0 radical (unpaired) electrons. The Balaban J connectivity index is 0.00000132. The average Bonchev–Trinajstić information content (AvgIpc) is 3.57. The van der Waals surface area contributed by atoms with Crippen LogP contribution in [0.5, 0.6) is 0 Å². The lowest BCUT2D eigenvalue weighted by molar-refractivity contribution is -0.643. The van der Waals surface area contributed by atoms with E-state index in [4.69, 9.17) is 0 Å². The van der Waals surface area contributed by atoms with Gasteiger partial charge in [0.15, 0.2) is 0 Å². The van der Waals surface area contributed by atoms with Crippen LogP contribution in [0.25, 0.3) is 43.4 Å². The fourth-order valence-electron chi connectivity index (χ4n) is 6.68. The number of para-hydroxylation sites is 2. The highest BCUT2D eigenvalue weighted by Gasteiger charge is 2.36. The molecule has 0 N–H and O–H groups in total. The van der Waals surface area contributed by atoms with E-state index >= 15 is 0 Å². The minimum atomic E-state index is 0. The van der Waals surface area contributed by atoms with Gasteiger partial charge in [0, 0.05) is 21.5 Å². The number of nitrogens with zero attached hydrogens (tertiary/aromatic N) is 4. The summed E-state index contributed by atoms with van der Waals surface area (Å²) in [7, 11) is 0. The molecule has 2 aliphatic rings. The summed E-state index contributed by atoms with van der Waals surface area (Å²) in [6, 6.07) is 35.6. The predicted octanol–water partition coefficient (Wildman–Crippen LogP) is 2.80. The lowest BCUT2D eigenvalue weighted by Gasteiger charge is -2.17. The summed E-state index contributed by atoms with van der Waals surface area (Å²) >= 11 is 0. The van der Waals surface area contributed by atoms with Crippen LogP contribution >= 0.6 is 17.0 Å². The monoisotopic (exact) mass is 627 g/mol. The van der Waals surface area contributed by atoms with E-state index in [1.165, 1.54) is 55.0 Å². The first-order chi connectivity index (χ1) is 17.9. The average molecular weight is 629 g/mol. The molecular weight excluding hydrogens is 600 g/mol. The van der Waals surface area contributed by atoms with Gasteiger partial charge in [-0.05, 0) is 24.3 Å². The maximum Gasteiger partial charge on any atom is 0.285 e. The van der Waals surface area contributed by atoms with E-state index in [0.29, 0.717) is 0 Å². The van der Waals surface area contributed by atoms with E-state index in [0.717, 1.165) is 39.3 Å². The van der Waals surface area contributed by atoms with Crippen molar-refractivity contribution in [1.29, 1.82) is 0 Å². The molecule has 0 aliphatic carbocycles. The molecule has 4 nitrogen and oxygen atoms in total. The van der Waals surface area contributed by atoms with Crippen molar-refractivity contribution in [3.63, 3.8) is 0 Å². The van der Waals surface area contributed by atoms with Crippen LogP contribution < -0.4 is 35.9 Å². The SMILES string of the molecule is Br.[Br-].c1ccc2c(c1)c1[n+](c3ccccc23)CCN1CCN1CC[n+]2c1c1ccccc1c1ccccc12. The summed E-state index contributed by atoms with van der Waals surface area (Å²) in [5.74, 6) is 2.75. The summed E-state index contributed by atoms with van der Waals surface area (Å²) in [5.41, 5.74) is 2.68. The standard InChI is InChI=1S/C32H28N4.2BrH/c1-3-13-27-23(9-1)25-11-5-7-15-29(25)35-21-19-33(31(27)35)17-18-34-20-22-36-30-16-8-6-12-26(30)24-10-2-4-14-28(24)32(34)36;;/h1-16H,17-22H2;2*1H/q+2;;/p-1. The highest BCUT2D eigenvalue weighted by atomic mass is 79.9. The molecule has 0 atom stereocenters. The number of pyridine rings is 2. The van der Waals surface area contributed by atoms with E-state index in [1.807, 2.05) is 0 Å². The molecule has 38 heavy (non-hydrogen) atoms. The largest absolute Gasteiger partial charge is 1.00 e. The van der Waals surface area contributed by atoms with Crippen molar-refractivity contribution < 1.29 is 26.1 Å². The Morgan fingerprint density at radius 1 is 0.474 bits per heavy atom. The molecule has 0 fully saturated rings. The quantitative estimate of drug-likeness (QED) is 0.221. The topological polar surface area (TPSA) is 14.2 Å². The molecule has 0 bridgehead atoms. The number of halogens is 2. The first kappa shape index (κ1) is 25.1. The molecule has 4 heterocycles. The summed E-state index contributed by atoms with van der Waals surface area (Å²) < 4.78 is 5.07. The van der Waals surface area contributed by atoms with E-state index < -0.39 is 0 Å². The van der Waals surface area contributed by atoms with Crippen LogP contribution in [0.4, 0.5) is 11.6 Å². The number of fused-ring (bicyclic) bond motifs is 12. The molecule has 0 spiro atoms. The van der Waals surface area contributed by atoms with Gasteiger partial charge in [0.2, 0.25) is 0 Å². The minimum absolute atomic E-state index is 0. The van der Waals surface area contributed by atoms with Crippen LogP contribution in [0, 0.1) is 0 Å². The fourth-order valence-corrected chi connectivity index (χ4v) is 6.68. The van der Waals surface area contributed by atoms with Crippen LogP contribution in [0.1, 0.15) is 0 Å². The Kier molecular flexibility index (Phi) is 6.48. The van der Waals surface area contributed by atoms with Gasteiger partial charge in [-0.15, -0.1) is 17.0 Å². The minimum Gasteiger partial charge on any atom is -1.00 e. The van der Waals surface area contributed by atoms with Crippen LogP contribution in [0.3, 0.4) is 0 Å². The van der Waals surface area contributed by atoms with Crippen LogP contribution in [-0.4, -0.2) is 26.2 Å². The van der Waals surface area contributed by atoms with E-state index in [1.54, 1.807) is 0 Å². The van der Waals surface area contributed by atoms with Crippen molar-refractivity contribution in [1.82, 2.24) is 0 Å². The maximum atomic E-state index is 2.61. The van der Waals surface area contributed by atoms with Crippen LogP contribution in [-0.2, 0) is 13.1 Å². The molecule has 4 aromatic carbocycles. The number of anilines is 2. The number of hydrogen-bond acceptors (Lipinski definition) is 2. The van der Waals surface area contributed by atoms with Gasteiger partial charge in [0.25, 0.3) is 11.6 Å². The molecule has 6 aromatic rings. The van der Waals surface area contributed by atoms with Gasteiger partial charge in [0.05, 0.1) is 10.8 Å². The third-order valence-electron chi connectivity index (χ3n) is 8.24. The highest BCUT2D eigenvalue weighted by molar-refractivity contribution is 8.93. The number of benzene rings is 4. The van der Waals surface area contributed by atoms with Crippen molar-refractivity contribution >= 4 is 72.0 Å². The zero-order valence-corrected chi connectivity index (χ0v) is 24.4. The first-order valence-corrected chi connectivity index (χ1v) is 13.0. The molecule has 0 saturated carbocycles. The molecule has 8 rings (SSSR count). The molecule has 0 amide bonds. The zero-order chi connectivity index (χ0) is 23.6. The molecule has 2 aromatic heterocycles. The smallest absolute Gasteiger partial charge is 0.285 e. The molecular formula is C32H29Br2N4+. The Morgan fingerprint density at radius 3 is 1.24 bits per heavy atom. The fraction of sp³-hybridized carbons (Fsp3) is 0.188. The van der Waals surface area contributed by atoms with E-state index in [9.17, 15) is 0 Å². The van der Waals surface area contributed by atoms with Crippen molar-refractivity contribution in [2.45, 2.75) is 13.1 Å². The maximum absolute atomic E-state index is 2.61. The summed E-state index contributed by atoms with van der Waals surface area (Å²) in [4.78, 5) is 5.22. The molecule has 0 unspecified atom stereocenters. The van der Waals surface area contributed by atoms with Crippen LogP contribution in [0.15, 0.2) is 97.1 Å². The zero-order valence-electron chi connectivity index (χ0n) is 21.1. The normalized spacial score (nSPS) is 14.1. The van der Waals surface area contributed by atoms with Gasteiger partial charge < -0.3 is 17.0 Å². The Hall–Kier alpha value is -3.22. The number of hydrogen-bond donors (Lipinski definition) is 0. The Morgan fingerprint density at radius 2 is 0.816 bits per heavy atom. The molecule has 2 aliphatic heterocycles. The van der Waals surface area contributed by atoms with Crippen LogP contribution in [0.2, 0.25) is 0 Å². The summed E-state index contributed by atoms with van der Waals surface area (Å²) in [5, 5.41) is 8.13. The first-order valence-electron chi connectivity index (χ1n) is 13.0. The lowest BCUT2D eigenvalue weighted by atomic mass is 10.1. The van der Waals surface area contributed by atoms with Gasteiger partial charge in [0.1, 0.15) is 50.3 Å². The second-order valence-electron chi connectivity index (χ2n) is 10.1. The predicted molar refractivity (Wildman–Crippen MR) is 158 cm³/mol. The Labute approximate surface area is 243 Å². The third kappa shape index (κ3) is 3.61. The summed E-state index contributed by atoms with van der Waals surface area (Å²) in [6.07, 6.45) is 0. The number of aromatic nitrogens is 2. The van der Waals surface area contributed by atoms with Gasteiger partial charge in [-0.25, -0.2) is 9.13 Å². The number of rotatable bonds is 3. The van der Waals surface area contributed by atoms with Gasteiger partial charge in [-0.2, -0.15) is 0 Å². The van der Waals surface area contributed by atoms with Gasteiger partial charge in [-0.3, -0.25) is 9.80 Å². The van der Waals surface area contributed by atoms with Gasteiger partial charge in [-0.1, -0.05) is 72.8 Å². The Bertz CT molecular complexity index is 1700. The summed E-state index contributed by atoms with van der Waals surface area (Å²) in [6.45, 7) is 6.24. The van der Waals surface area contributed by atoms with Crippen molar-refractivity contribution in [3.8, 4) is 0 Å². The second kappa shape index (κ2) is 9.83. The molecule has 6 heteroatoms. The van der Waals surface area contributed by atoms with E-state index in [-0.39, 0.29) is 34.0 Å². The third-order valence-corrected chi connectivity index (χ3v) is 8.24. The van der Waals surface area contributed by atoms with Gasteiger partial charge >= 0.3 is 0 Å². The highest BCUT2D eigenvalue weighted by Crippen LogP contribution is 2.34. The van der Waals surface area contributed by atoms with Crippen molar-refractivity contribution in [2.75, 3.05) is 36.0 Å². The van der Waals surface area contributed by atoms with E-state index in [2.05, 4.69) is 116 Å². The molecule has 190 valence electrons. The molecule has 0 saturated heterocycles.